The van der Waals surface area contributed by atoms with Crippen molar-refractivity contribution in [3.05, 3.63) is 65.7 Å². The number of halogens is 4. The van der Waals surface area contributed by atoms with Crippen LogP contribution in [-0.2, 0) is 11.3 Å². The van der Waals surface area contributed by atoms with Gasteiger partial charge in [-0.25, -0.2) is 0 Å². The van der Waals surface area contributed by atoms with Crippen LogP contribution in [0.4, 0.5) is 13.2 Å². The second-order valence-electron chi connectivity index (χ2n) is 5.55. The smallest absolute Gasteiger partial charge is 0.422 e. The van der Waals surface area contributed by atoms with Gasteiger partial charge in [0.05, 0.1) is 0 Å². The summed E-state index contributed by atoms with van der Waals surface area (Å²) in [6, 6.07) is 15.0. The van der Waals surface area contributed by atoms with Gasteiger partial charge in [-0.15, -0.1) is 12.4 Å². The van der Waals surface area contributed by atoms with Crippen LogP contribution in [0.1, 0.15) is 23.6 Å². The Morgan fingerprint density at radius 2 is 1.69 bits per heavy atom. The number of nitrogens with two attached hydrogens (primary N) is 1. The van der Waals surface area contributed by atoms with E-state index in [1.807, 2.05) is 30.3 Å². The highest BCUT2D eigenvalue weighted by molar-refractivity contribution is 5.85. The SMILES string of the molecule is Cl.NC(CC(=O)NCc1ccc(OCC(F)(F)F)cc1)c1ccccc1. The molecule has 0 aliphatic heterocycles. The van der Waals surface area contributed by atoms with Crippen molar-refractivity contribution in [2.24, 2.45) is 5.73 Å². The van der Waals surface area contributed by atoms with E-state index < -0.39 is 12.8 Å². The number of nitrogens with one attached hydrogen (secondary N) is 1. The second kappa shape index (κ2) is 10.0. The van der Waals surface area contributed by atoms with E-state index in [0.29, 0.717) is 0 Å². The summed E-state index contributed by atoms with van der Waals surface area (Å²) in [6.07, 6.45) is -4.22. The molecule has 0 heterocycles. The molecule has 3 N–H and O–H groups in total. The zero-order chi connectivity index (χ0) is 18.3. The number of alkyl halides is 3. The van der Waals surface area contributed by atoms with Crippen LogP contribution < -0.4 is 15.8 Å². The molecule has 0 aliphatic rings. The van der Waals surface area contributed by atoms with E-state index in [4.69, 9.17) is 5.73 Å². The first-order valence-electron chi connectivity index (χ1n) is 7.69. The standard InChI is InChI=1S/C18H19F3N2O2.ClH/c19-18(20,21)12-25-15-8-6-13(7-9-15)11-23-17(24)10-16(22)14-4-2-1-3-5-14;/h1-9,16H,10-12,22H2,(H,23,24);1H. The molecular formula is C18H20ClF3N2O2. The minimum Gasteiger partial charge on any atom is -0.484 e. The molecule has 2 rings (SSSR count). The predicted molar refractivity (Wildman–Crippen MR) is 95.1 cm³/mol. The maximum Gasteiger partial charge on any atom is 0.422 e. The Bertz CT molecular complexity index is 679. The lowest BCUT2D eigenvalue weighted by Gasteiger charge is -2.12. The molecule has 26 heavy (non-hydrogen) atoms. The Kier molecular flexibility index (Phi) is 8.41. The molecule has 142 valence electrons. The summed E-state index contributed by atoms with van der Waals surface area (Å²) in [7, 11) is 0. The van der Waals surface area contributed by atoms with Crippen LogP contribution in [-0.4, -0.2) is 18.7 Å². The number of carbonyl (C=O) groups is 1. The number of hydrogen-bond acceptors (Lipinski definition) is 3. The van der Waals surface area contributed by atoms with Crippen molar-refractivity contribution in [2.75, 3.05) is 6.61 Å². The van der Waals surface area contributed by atoms with Crippen molar-refractivity contribution in [3.63, 3.8) is 0 Å². The molecule has 8 heteroatoms. The Hall–Kier alpha value is -2.25. The van der Waals surface area contributed by atoms with Gasteiger partial charge < -0.3 is 15.8 Å². The van der Waals surface area contributed by atoms with Gasteiger partial charge in [0, 0.05) is 19.0 Å². The summed E-state index contributed by atoms with van der Waals surface area (Å²) in [4.78, 5) is 11.9. The summed E-state index contributed by atoms with van der Waals surface area (Å²) in [5, 5.41) is 2.74. The minimum absolute atomic E-state index is 0. The van der Waals surface area contributed by atoms with Crippen molar-refractivity contribution in [2.45, 2.75) is 25.2 Å². The predicted octanol–water partition coefficient (Wildman–Crippen LogP) is 3.76. The maximum atomic E-state index is 12.1. The molecular weight excluding hydrogens is 369 g/mol. The Balaban J connectivity index is 0.00000338. The van der Waals surface area contributed by atoms with E-state index in [-0.39, 0.29) is 43.1 Å². The van der Waals surface area contributed by atoms with E-state index in [1.54, 1.807) is 12.1 Å². The maximum absolute atomic E-state index is 12.1. The van der Waals surface area contributed by atoms with Crippen molar-refractivity contribution in [1.82, 2.24) is 5.32 Å². The largest absolute Gasteiger partial charge is 0.484 e. The molecule has 0 saturated heterocycles. The molecule has 0 saturated carbocycles. The Morgan fingerprint density at radius 3 is 2.27 bits per heavy atom. The quantitative estimate of drug-likeness (QED) is 0.759. The fourth-order valence-corrected chi connectivity index (χ4v) is 2.16. The average Bonchev–Trinajstić information content (AvgIpc) is 2.59. The summed E-state index contributed by atoms with van der Waals surface area (Å²) < 4.78 is 40.8. The van der Waals surface area contributed by atoms with Gasteiger partial charge in [0.1, 0.15) is 5.75 Å². The number of carbonyl (C=O) groups excluding carboxylic acids is 1. The highest BCUT2D eigenvalue weighted by Gasteiger charge is 2.28. The molecule has 1 amide bonds. The molecule has 0 spiro atoms. The van der Waals surface area contributed by atoms with E-state index in [1.165, 1.54) is 12.1 Å². The highest BCUT2D eigenvalue weighted by Crippen LogP contribution is 2.19. The lowest BCUT2D eigenvalue weighted by molar-refractivity contribution is -0.153. The van der Waals surface area contributed by atoms with E-state index in [2.05, 4.69) is 10.1 Å². The first-order chi connectivity index (χ1) is 11.8. The van der Waals surface area contributed by atoms with Crippen LogP contribution in [0.25, 0.3) is 0 Å². The van der Waals surface area contributed by atoms with Gasteiger partial charge >= 0.3 is 6.18 Å². The molecule has 0 radical (unpaired) electrons. The second-order valence-corrected chi connectivity index (χ2v) is 5.55. The van der Waals surface area contributed by atoms with Crippen LogP contribution in [0.15, 0.2) is 54.6 Å². The van der Waals surface area contributed by atoms with Crippen molar-refractivity contribution < 1.29 is 22.7 Å². The summed E-state index contributed by atoms with van der Waals surface area (Å²) in [6.45, 7) is -1.07. The zero-order valence-corrected chi connectivity index (χ0v) is 14.6. The Morgan fingerprint density at radius 1 is 1.08 bits per heavy atom. The molecule has 0 fully saturated rings. The van der Waals surface area contributed by atoms with Gasteiger partial charge in [-0.2, -0.15) is 13.2 Å². The summed E-state index contributed by atoms with van der Waals surface area (Å²) in [5.74, 6) is -0.0766. The zero-order valence-electron chi connectivity index (χ0n) is 13.8. The molecule has 1 unspecified atom stereocenters. The van der Waals surface area contributed by atoms with E-state index in [0.717, 1.165) is 11.1 Å². The third-order valence-corrected chi connectivity index (χ3v) is 3.45. The molecule has 1 atom stereocenters. The highest BCUT2D eigenvalue weighted by atomic mass is 35.5. The molecule has 0 aliphatic carbocycles. The number of benzene rings is 2. The fourth-order valence-electron chi connectivity index (χ4n) is 2.16. The van der Waals surface area contributed by atoms with Gasteiger partial charge in [0.2, 0.25) is 5.91 Å². The lowest BCUT2D eigenvalue weighted by atomic mass is 10.0. The first kappa shape index (κ1) is 21.8. The van der Waals surface area contributed by atoms with Crippen LogP contribution in [0.5, 0.6) is 5.75 Å². The van der Waals surface area contributed by atoms with E-state index >= 15 is 0 Å². The average molecular weight is 389 g/mol. The van der Waals surface area contributed by atoms with Gasteiger partial charge in [-0.3, -0.25) is 4.79 Å². The van der Waals surface area contributed by atoms with Crippen LogP contribution in [0, 0.1) is 0 Å². The van der Waals surface area contributed by atoms with Crippen molar-refractivity contribution >= 4 is 18.3 Å². The monoisotopic (exact) mass is 388 g/mol. The van der Waals surface area contributed by atoms with Crippen molar-refractivity contribution in [3.8, 4) is 5.75 Å². The number of rotatable bonds is 7. The van der Waals surface area contributed by atoms with Crippen LogP contribution >= 0.6 is 12.4 Å². The number of ether oxygens (including phenoxy) is 1. The molecule has 2 aromatic rings. The van der Waals surface area contributed by atoms with Gasteiger partial charge in [0.15, 0.2) is 6.61 Å². The third-order valence-electron chi connectivity index (χ3n) is 3.45. The first-order valence-corrected chi connectivity index (χ1v) is 7.69. The normalized spacial score (nSPS) is 12.0. The van der Waals surface area contributed by atoms with Gasteiger partial charge in [0.25, 0.3) is 0 Å². The molecule has 4 nitrogen and oxygen atoms in total. The van der Waals surface area contributed by atoms with E-state index in [9.17, 15) is 18.0 Å². The topological polar surface area (TPSA) is 64.4 Å². The third kappa shape index (κ3) is 7.76. The molecule has 0 bridgehead atoms. The molecule has 2 aromatic carbocycles. The molecule has 0 aromatic heterocycles. The number of amides is 1. The lowest BCUT2D eigenvalue weighted by Crippen LogP contribution is -2.27. The summed E-state index contributed by atoms with van der Waals surface area (Å²) >= 11 is 0. The minimum atomic E-state index is -4.37. The van der Waals surface area contributed by atoms with Crippen LogP contribution in [0.2, 0.25) is 0 Å². The number of hydrogen-bond donors (Lipinski definition) is 2. The fraction of sp³-hybridized carbons (Fsp3) is 0.278. The summed E-state index contributed by atoms with van der Waals surface area (Å²) in [5.41, 5.74) is 7.61. The Labute approximate surface area is 155 Å². The van der Waals surface area contributed by atoms with Crippen LogP contribution in [0.3, 0.4) is 0 Å². The van der Waals surface area contributed by atoms with Crippen molar-refractivity contribution in [1.29, 1.82) is 0 Å². The van der Waals surface area contributed by atoms with Gasteiger partial charge in [-0.05, 0) is 23.3 Å². The van der Waals surface area contributed by atoms with Gasteiger partial charge in [-0.1, -0.05) is 42.5 Å².